The van der Waals surface area contributed by atoms with Crippen LogP contribution in [0.2, 0.25) is 0 Å². The van der Waals surface area contributed by atoms with Crippen molar-refractivity contribution in [3.05, 3.63) is 260 Å². The van der Waals surface area contributed by atoms with Crippen molar-refractivity contribution in [2.24, 2.45) is 0 Å². The fraction of sp³-hybridized carbons (Fsp3) is 0.0323. The average Bonchev–Trinajstić information content (AvgIpc) is 3.88. The van der Waals surface area contributed by atoms with Gasteiger partial charge in [0.1, 0.15) is 0 Å². The van der Waals surface area contributed by atoms with E-state index >= 15 is 0 Å². The lowest BCUT2D eigenvalue weighted by atomic mass is 10.1. The Kier molecular flexibility index (Phi) is 9.62. The van der Waals surface area contributed by atoms with Gasteiger partial charge in [-0.15, -0.1) is 0 Å². The summed E-state index contributed by atoms with van der Waals surface area (Å²) in [7, 11) is -2.82. The normalized spacial score (nSPS) is 11.8. The highest BCUT2D eigenvalue weighted by molar-refractivity contribution is 7.19. The first-order chi connectivity index (χ1) is 32.6. The fourth-order valence-electron chi connectivity index (χ4n) is 10.6. The van der Waals surface area contributed by atoms with Crippen LogP contribution < -0.4 is 25.6 Å². The van der Waals surface area contributed by atoms with Crippen LogP contribution >= 0.6 is 0 Å². The third-order valence-corrected chi connectivity index (χ3v) is 18.3. The van der Waals surface area contributed by atoms with Gasteiger partial charge in [0.25, 0.3) is 0 Å². The molecule has 12 rings (SSSR count). The molecular weight excluding hydrogens is 815 g/mol. The maximum atomic E-state index is 2.46. The number of para-hydroxylation sites is 2. The van der Waals surface area contributed by atoms with Crippen molar-refractivity contribution in [1.29, 1.82) is 0 Å². The van der Waals surface area contributed by atoms with Crippen LogP contribution in [-0.2, 0) is 0 Å². The number of benzene rings is 10. The third-order valence-electron chi connectivity index (χ3n) is 13.5. The van der Waals surface area contributed by atoms with Gasteiger partial charge in [0, 0.05) is 50.0 Å². The molecule has 0 spiro atoms. The van der Waals surface area contributed by atoms with E-state index in [-0.39, 0.29) is 0 Å². The lowest BCUT2D eigenvalue weighted by Crippen LogP contribution is -2.74. The summed E-state index contributed by atoms with van der Waals surface area (Å²) in [5.41, 5.74) is 12.9. The van der Waals surface area contributed by atoms with Gasteiger partial charge in [-0.3, -0.25) is 0 Å². The Morgan fingerprint density at radius 2 is 0.667 bits per heavy atom. The number of aryl methyl sites for hydroxylation is 2. The summed E-state index contributed by atoms with van der Waals surface area (Å²) in [6.45, 7) is 4.36. The molecule has 0 aliphatic heterocycles. The molecule has 0 bridgehead atoms. The van der Waals surface area contributed by atoms with Crippen LogP contribution in [0.4, 0.5) is 17.1 Å². The summed E-state index contributed by atoms with van der Waals surface area (Å²) in [5.74, 6) is 0. The van der Waals surface area contributed by atoms with E-state index in [0.29, 0.717) is 0 Å². The lowest BCUT2D eigenvalue weighted by Gasteiger charge is -2.35. The Morgan fingerprint density at radius 1 is 0.288 bits per heavy atom. The van der Waals surface area contributed by atoms with Crippen molar-refractivity contribution in [2.75, 3.05) is 4.90 Å². The summed E-state index contributed by atoms with van der Waals surface area (Å²) >= 11 is 0. The van der Waals surface area contributed by atoms with Gasteiger partial charge in [-0.05, 0) is 132 Å². The van der Waals surface area contributed by atoms with Crippen LogP contribution in [0.15, 0.2) is 249 Å². The van der Waals surface area contributed by atoms with Crippen LogP contribution in [0.1, 0.15) is 11.1 Å². The molecule has 0 unspecified atom stereocenters. The Labute approximate surface area is 386 Å². The molecule has 0 radical (unpaired) electrons. The van der Waals surface area contributed by atoms with E-state index in [2.05, 4.69) is 277 Å². The average molecular weight is 862 g/mol. The highest BCUT2D eigenvalue weighted by Crippen LogP contribution is 2.39. The third kappa shape index (κ3) is 6.41. The van der Waals surface area contributed by atoms with Crippen molar-refractivity contribution in [3.63, 3.8) is 0 Å². The molecule has 12 aromatic rings. The van der Waals surface area contributed by atoms with Crippen molar-refractivity contribution >= 4 is 89.5 Å². The molecule has 0 saturated heterocycles. The monoisotopic (exact) mass is 861 g/mol. The Balaban J connectivity index is 1.06. The minimum atomic E-state index is -2.82. The minimum Gasteiger partial charge on any atom is -0.311 e. The molecule has 66 heavy (non-hydrogen) atoms. The largest absolute Gasteiger partial charge is 0.311 e. The zero-order valence-electron chi connectivity index (χ0n) is 37.0. The summed E-state index contributed by atoms with van der Waals surface area (Å²) in [4.78, 5) is 2.43. The molecular formula is C62H47N3Si. The van der Waals surface area contributed by atoms with Crippen LogP contribution in [-0.4, -0.2) is 17.2 Å². The maximum Gasteiger partial charge on any atom is 0.179 e. The number of hydrogen-bond donors (Lipinski definition) is 0. The second-order valence-electron chi connectivity index (χ2n) is 17.5. The predicted molar refractivity (Wildman–Crippen MR) is 283 cm³/mol. The molecule has 3 nitrogen and oxygen atoms in total. The van der Waals surface area contributed by atoms with Gasteiger partial charge < -0.3 is 14.0 Å². The summed E-state index contributed by atoms with van der Waals surface area (Å²) in [5, 5.41) is 10.4. The van der Waals surface area contributed by atoms with Gasteiger partial charge in [0.2, 0.25) is 0 Å². The van der Waals surface area contributed by atoms with Gasteiger partial charge in [-0.2, -0.15) is 0 Å². The Hall–Kier alpha value is -8.18. The molecule has 0 fully saturated rings. The number of nitrogens with zero attached hydrogens (tertiary/aromatic N) is 3. The van der Waals surface area contributed by atoms with Crippen LogP contribution in [0.3, 0.4) is 0 Å². The first-order valence-corrected chi connectivity index (χ1v) is 24.8. The van der Waals surface area contributed by atoms with Crippen LogP contribution in [0.25, 0.3) is 55.0 Å². The number of fused-ring (bicyclic) bond motifs is 6. The fourth-order valence-corrected chi connectivity index (χ4v) is 15.4. The Morgan fingerprint density at radius 3 is 1.11 bits per heavy atom. The molecule has 0 saturated carbocycles. The van der Waals surface area contributed by atoms with E-state index in [0.717, 1.165) is 28.4 Å². The molecule has 0 aliphatic carbocycles. The van der Waals surface area contributed by atoms with Gasteiger partial charge >= 0.3 is 0 Å². The SMILES string of the molecule is Cc1ccc2c(c1)c1cc(C)ccc1n2-c1ccc(N(c2ccc(-n3c4ccccc4c4ccccc43)cc2)c2cccc([Si](c3ccccc3)(c3ccccc3)c3ccccc3)c2)cc1. The Bertz CT molecular complexity index is 3490. The molecule has 10 aromatic carbocycles. The van der Waals surface area contributed by atoms with Crippen molar-refractivity contribution in [3.8, 4) is 11.4 Å². The molecule has 0 amide bonds. The lowest BCUT2D eigenvalue weighted by molar-refractivity contribution is 1.17. The first-order valence-electron chi connectivity index (χ1n) is 22.8. The predicted octanol–water partition coefficient (Wildman–Crippen LogP) is 13.3. The molecule has 2 aromatic heterocycles. The van der Waals surface area contributed by atoms with Gasteiger partial charge in [0.05, 0.1) is 22.1 Å². The summed E-state index contributed by atoms with van der Waals surface area (Å²) in [6.07, 6.45) is 0. The summed E-state index contributed by atoms with van der Waals surface area (Å²) < 4.78 is 4.81. The quantitative estimate of drug-likeness (QED) is 0.104. The first kappa shape index (κ1) is 39.4. The second-order valence-corrected chi connectivity index (χ2v) is 21.3. The molecule has 0 aliphatic rings. The smallest absolute Gasteiger partial charge is 0.179 e. The number of anilines is 3. The van der Waals surface area contributed by atoms with E-state index in [9.17, 15) is 0 Å². The van der Waals surface area contributed by atoms with Crippen LogP contribution in [0.5, 0.6) is 0 Å². The molecule has 0 atom stereocenters. The van der Waals surface area contributed by atoms with Gasteiger partial charge in [-0.1, -0.05) is 163 Å². The number of rotatable bonds is 9. The number of aromatic nitrogens is 2. The van der Waals surface area contributed by atoms with Gasteiger partial charge in [0.15, 0.2) is 8.07 Å². The zero-order chi connectivity index (χ0) is 44.2. The van der Waals surface area contributed by atoms with Gasteiger partial charge in [-0.25, -0.2) is 0 Å². The molecule has 4 heteroatoms. The second kappa shape index (κ2) is 16.1. The van der Waals surface area contributed by atoms with E-state index in [1.807, 2.05) is 0 Å². The van der Waals surface area contributed by atoms with E-state index in [1.165, 1.54) is 75.5 Å². The highest BCUT2D eigenvalue weighted by Gasteiger charge is 2.41. The van der Waals surface area contributed by atoms with E-state index in [1.54, 1.807) is 0 Å². The zero-order valence-corrected chi connectivity index (χ0v) is 38.0. The van der Waals surface area contributed by atoms with Crippen molar-refractivity contribution in [2.45, 2.75) is 13.8 Å². The number of hydrogen-bond acceptors (Lipinski definition) is 1. The van der Waals surface area contributed by atoms with E-state index in [4.69, 9.17) is 0 Å². The minimum absolute atomic E-state index is 1.08. The summed E-state index contributed by atoms with van der Waals surface area (Å²) in [6, 6.07) is 92.3. The van der Waals surface area contributed by atoms with Crippen molar-refractivity contribution in [1.82, 2.24) is 9.13 Å². The van der Waals surface area contributed by atoms with Crippen molar-refractivity contribution < 1.29 is 0 Å². The molecule has 2 heterocycles. The standard InChI is InChI=1S/C62H47N3Si/c1-44-29-39-61-57(41-44)58-42-45(2)30-40-62(58)65(61)49-37-33-47(34-38-49)63(46-31-35-48(36-32-46)64-59-27-14-12-25-55(59)56-26-13-15-28-60(56)64)50-17-16-24-54(43-50)66(51-18-6-3-7-19-51,52-20-8-4-9-21-52)53-22-10-5-11-23-53/h3-43H,1-2H3. The van der Waals surface area contributed by atoms with E-state index < -0.39 is 8.07 Å². The highest BCUT2D eigenvalue weighted by atomic mass is 28.3. The maximum absolute atomic E-state index is 2.82. The molecule has 314 valence electrons. The molecule has 0 N–H and O–H groups in total. The van der Waals surface area contributed by atoms with Crippen LogP contribution in [0, 0.1) is 13.8 Å². The topological polar surface area (TPSA) is 13.1 Å².